The Bertz CT molecular complexity index is 4760. The van der Waals surface area contributed by atoms with Gasteiger partial charge in [0, 0.05) is 56.9 Å². The number of benzene rings is 7. The molecule has 10 rings (SSSR count). The number of nitrogens with one attached hydrogen (secondary N) is 2. The molecule has 0 aliphatic heterocycles. The van der Waals surface area contributed by atoms with E-state index in [9.17, 15) is 52.6 Å². The first-order valence-electron chi connectivity index (χ1n) is 22.8. The highest BCUT2D eigenvalue weighted by Crippen LogP contribution is 2.43. The lowest BCUT2D eigenvalue weighted by molar-refractivity contribution is 1.24. The van der Waals surface area contributed by atoms with Crippen LogP contribution in [-0.4, -0.2) is 42.3 Å². The van der Waals surface area contributed by atoms with Crippen LogP contribution in [0, 0.1) is 124 Å². The lowest BCUT2D eigenvalue weighted by Gasteiger charge is -2.18. The van der Waals surface area contributed by atoms with E-state index in [1.54, 1.807) is 48.5 Å². The fourth-order valence-electron chi connectivity index (χ4n) is 8.89. The molecule has 352 valence electrons. The molecule has 2 N–H and O–H groups in total. The fraction of sp³-hybridized carbons (Fsp3) is 0. The zero-order valence-corrected chi connectivity index (χ0v) is 39.7. The Balaban J connectivity index is 1.48. The Labute approximate surface area is 441 Å². The van der Waals surface area contributed by atoms with Crippen LogP contribution in [0.1, 0.15) is 66.8 Å². The molecule has 0 atom stereocenters. The van der Waals surface area contributed by atoms with Crippen molar-refractivity contribution in [3.8, 4) is 128 Å². The molecule has 18 heteroatoms. The van der Waals surface area contributed by atoms with Gasteiger partial charge >= 0.3 is 0 Å². The number of nitrogens with zero attached hydrogens (tertiary/aromatic N) is 16. The van der Waals surface area contributed by atoms with Crippen LogP contribution in [-0.2, 0) is 0 Å². The molecule has 0 radical (unpaired) electrons. The van der Waals surface area contributed by atoms with Gasteiger partial charge in [0.15, 0.2) is 0 Å². The summed E-state index contributed by atoms with van der Waals surface area (Å²) in [6.45, 7) is 0. The van der Waals surface area contributed by atoms with Crippen LogP contribution in [0.2, 0.25) is 0 Å². The third-order valence-electron chi connectivity index (χ3n) is 12.7. The first-order valence-corrected chi connectivity index (χ1v) is 22.8. The minimum atomic E-state index is 0.00778. The highest BCUT2D eigenvalue weighted by atomic mass is 14.9. The minimum Gasteiger partial charge on any atom is -0.308 e. The Hall–Kier alpha value is -13.2. The van der Waals surface area contributed by atoms with E-state index in [2.05, 4.69) is 36.4 Å². The van der Waals surface area contributed by atoms with Crippen molar-refractivity contribution in [1.29, 1.82) is 63.4 Å². The van der Waals surface area contributed by atoms with E-state index in [1.807, 2.05) is 24.3 Å². The van der Waals surface area contributed by atoms with Gasteiger partial charge < -0.3 is 10.8 Å². The van der Waals surface area contributed by atoms with E-state index < -0.39 is 0 Å². The molecule has 0 aliphatic carbocycles. The number of hydrogen-bond donors (Lipinski definition) is 2. The molecule has 0 amide bonds. The lowest BCUT2D eigenvalue weighted by atomic mass is 9.96. The molecular weight excluding hydrogens is 973 g/mol. The number of nitriles is 10. The molecule has 0 saturated heterocycles. The summed E-state index contributed by atoms with van der Waals surface area (Å²) in [5.41, 5.74) is 4.27. The zero-order valence-electron chi connectivity index (χ0n) is 39.7. The van der Waals surface area contributed by atoms with Gasteiger partial charge in [-0.3, -0.25) is 0 Å². The summed E-state index contributed by atoms with van der Waals surface area (Å²) in [5.74, 6) is 0. The van der Waals surface area contributed by atoms with E-state index in [0.29, 0.717) is 33.4 Å². The predicted octanol–water partition coefficient (Wildman–Crippen LogP) is 10.2. The molecular formula is C60H22N18. The number of aromatic nitrogens is 6. The average Bonchev–Trinajstić information content (AvgIpc) is 3.70. The molecule has 0 spiro atoms. The van der Waals surface area contributed by atoms with Crippen molar-refractivity contribution in [1.82, 2.24) is 29.9 Å². The third-order valence-corrected chi connectivity index (χ3v) is 12.7. The molecule has 0 fully saturated rings. The number of hydrogen-bond acceptors (Lipinski definition) is 18. The Morgan fingerprint density at radius 3 is 0.603 bits per heavy atom. The molecule has 78 heavy (non-hydrogen) atoms. The smallest absolute Gasteiger partial charge is 0.120 e. The van der Waals surface area contributed by atoms with Gasteiger partial charge in [-0.2, -0.15) is 52.6 Å². The van der Waals surface area contributed by atoms with Gasteiger partial charge in [0.1, 0.15) is 81.7 Å². The summed E-state index contributed by atoms with van der Waals surface area (Å²) in [6.07, 6.45) is 2.02. The largest absolute Gasteiger partial charge is 0.308 e. The molecule has 18 nitrogen and oxygen atoms in total. The second-order valence-corrected chi connectivity index (χ2v) is 16.9. The second-order valence-electron chi connectivity index (χ2n) is 16.9. The van der Waals surface area contributed by atoms with Crippen molar-refractivity contribution in [3.63, 3.8) is 0 Å². The summed E-state index contributed by atoms with van der Waals surface area (Å²) in [7, 11) is 0. The SMILES string of the molecule is N#Cc1ccc(-c2nc3c(nc2-c2ccc(C#N)c(C#N)c2)c2nc(-c4ccc(C#N)c(C=N)c4)c(-c4ccc(C#N)c(C#N)c4)nc2c2nc(-c4ccc(C#N)c(C=N)c4)c(-c4ccc(C#N)c(C#N)c4)nc32)cc1C#N. The first-order chi connectivity index (χ1) is 38.1. The maximum atomic E-state index is 10.2. The second kappa shape index (κ2) is 19.8. The van der Waals surface area contributed by atoms with Crippen LogP contribution >= 0.6 is 0 Å². The molecule has 0 saturated carbocycles. The molecule has 7 aromatic carbocycles. The summed E-state index contributed by atoms with van der Waals surface area (Å²) in [4.78, 5) is 31.8. The third kappa shape index (κ3) is 8.03. The van der Waals surface area contributed by atoms with Crippen molar-refractivity contribution >= 4 is 45.5 Å². The van der Waals surface area contributed by atoms with Crippen LogP contribution in [0.15, 0.2) is 109 Å². The molecule has 0 aliphatic rings. The van der Waals surface area contributed by atoms with Crippen LogP contribution in [0.3, 0.4) is 0 Å². The van der Waals surface area contributed by atoms with Crippen LogP contribution in [0.25, 0.3) is 101 Å². The standard InChI is InChI=1S/C60H22N18/c61-19-37-7-1-31(13-43(37)25-67)49-50(32-2-8-38(20-62)44(14-32)26-68)74-56-55(73-49)57-59(77-52(34-4-10-40(22-64)46(16-34)28-70)51(75-57)33-3-9-39(21-63)45(15-33)27-69)60-58(56)76-53(35-5-11-41(23-65)47(17-35)29-71)54(78-60)36-6-12-42(24-66)48(18-36)30-72/h1-18,25,28,67,70H. The highest BCUT2D eigenvalue weighted by Gasteiger charge is 2.27. The van der Waals surface area contributed by atoms with E-state index >= 15 is 0 Å². The van der Waals surface area contributed by atoms with Crippen LogP contribution < -0.4 is 0 Å². The average molecular weight is 995 g/mol. The fourth-order valence-corrected chi connectivity index (χ4v) is 8.89. The summed E-state index contributed by atoms with van der Waals surface area (Å²) in [5, 5.41) is 117. The zero-order chi connectivity index (χ0) is 54.8. The lowest BCUT2D eigenvalue weighted by Crippen LogP contribution is -2.05. The normalized spacial score (nSPS) is 10.3. The maximum Gasteiger partial charge on any atom is 0.120 e. The number of rotatable bonds is 8. The van der Waals surface area contributed by atoms with Gasteiger partial charge in [-0.1, -0.05) is 36.4 Å². The monoisotopic (exact) mass is 994 g/mol. The van der Waals surface area contributed by atoms with Crippen molar-refractivity contribution in [2.75, 3.05) is 0 Å². The van der Waals surface area contributed by atoms with Gasteiger partial charge in [0.2, 0.25) is 0 Å². The van der Waals surface area contributed by atoms with Gasteiger partial charge in [-0.25, -0.2) is 29.9 Å². The molecule has 0 unspecified atom stereocenters. The van der Waals surface area contributed by atoms with Crippen LogP contribution in [0.5, 0.6) is 0 Å². The Kier molecular flexibility index (Phi) is 12.3. The van der Waals surface area contributed by atoms with Crippen molar-refractivity contribution in [2.45, 2.75) is 0 Å². The van der Waals surface area contributed by atoms with Gasteiger partial charge in [-0.15, -0.1) is 0 Å². The van der Waals surface area contributed by atoms with Crippen molar-refractivity contribution in [2.24, 2.45) is 0 Å². The van der Waals surface area contributed by atoms with Crippen LogP contribution in [0.4, 0.5) is 0 Å². The minimum absolute atomic E-state index is 0.00778. The quantitative estimate of drug-likeness (QED) is 0.105. The van der Waals surface area contributed by atoms with Gasteiger partial charge in [-0.05, 0) is 72.8 Å². The van der Waals surface area contributed by atoms with E-state index in [4.69, 9.17) is 40.7 Å². The summed E-state index contributed by atoms with van der Waals surface area (Å²) < 4.78 is 0. The van der Waals surface area contributed by atoms with Gasteiger partial charge in [0.05, 0.1) is 102 Å². The molecule has 0 bridgehead atoms. The van der Waals surface area contributed by atoms with E-state index in [1.165, 1.54) is 60.7 Å². The van der Waals surface area contributed by atoms with E-state index in [0.717, 1.165) is 12.4 Å². The highest BCUT2D eigenvalue weighted by molar-refractivity contribution is 6.20. The summed E-state index contributed by atoms with van der Waals surface area (Å²) in [6, 6.07) is 47.9. The van der Waals surface area contributed by atoms with Crippen molar-refractivity contribution < 1.29 is 0 Å². The molecule has 3 aromatic heterocycles. The number of fused-ring (bicyclic) bond motifs is 6. The first kappa shape index (κ1) is 48.4. The van der Waals surface area contributed by atoms with E-state index in [-0.39, 0.29) is 134 Å². The topological polar surface area (TPSA) is 363 Å². The summed E-state index contributed by atoms with van der Waals surface area (Å²) >= 11 is 0. The Morgan fingerprint density at radius 2 is 0.423 bits per heavy atom. The van der Waals surface area contributed by atoms with Crippen molar-refractivity contribution in [3.05, 3.63) is 176 Å². The van der Waals surface area contributed by atoms with Gasteiger partial charge in [0.25, 0.3) is 0 Å². The molecule has 10 aromatic rings. The predicted molar refractivity (Wildman–Crippen MR) is 281 cm³/mol. The maximum absolute atomic E-state index is 10.2. The Morgan fingerprint density at radius 1 is 0.244 bits per heavy atom. The molecule has 3 heterocycles.